The average Bonchev–Trinajstić information content (AvgIpc) is 3.09. The first-order valence-electron chi connectivity index (χ1n) is 10.3. The zero-order valence-corrected chi connectivity index (χ0v) is 16.0. The highest BCUT2D eigenvalue weighted by molar-refractivity contribution is 5.80. The molecule has 1 saturated heterocycles. The molecule has 1 unspecified atom stereocenters. The van der Waals surface area contributed by atoms with Crippen LogP contribution in [-0.4, -0.2) is 53.8 Å². The van der Waals surface area contributed by atoms with Crippen molar-refractivity contribution in [2.24, 2.45) is 4.99 Å². The Morgan fingerprint density at radius 3 is 2.65 bits per heavy atom. The number of guanidine groups is 1. The molecule has 5 nitrogen and oxygen atoms in total. The Morgan fingerprint density at radius 1 is 1.15 bits per heavy atom. The van der Waals surface area contributed by atoms with Crippen molar-refractivity contribution in [2.75, 3.05) is 19.6 Å². The van der Waals surface area contributed by atoms with Crippen molar-refractivity contribution in [1.82, 2.24) is 15.5 Å². The van der Waals surface area contributed by atoms with E-state index in [0.717, 1.165) is 51.3 Å². The van der Waals surface area contributed by atoms with Gasteiger partial charge >= 0.3 is 0 Å². The van der Waals surface area contributed by atoms with Gasteiger partial charge in [0, 0.05) is 25.2 Å². The third-order valence-electron chi connectivity index (χ3n) is 5.57. The van der Waals surface area contributed by atoms with E-state index in [-0.39, 0.29) is 6.10 Å². The smallest absolute Gasteiger partial charge is 0.191 e. The second kappa shape index (κ2) is 9.93. The second-order valence-electron chi connectivity index (χ2n) is 7.62. The summed E-state index contributed by atoms with van der Waals surface area (Å²) in [5.41, 5.74) is 1.38. The van der Waals surface area contributed by atoms with Crippen LogP contribution < -0.4 is 10.6 Å². The predicted molar refractivity (Wildman–Crippen MR) is 107 cm³/mol. The van der Waals surface area contributed by atoms with Crippen molar-refractivity contribution in [3.05, 3.63) is 35.9 Å². The topological polar surface area (TPSA) is 59.9 Å². The summed E-state index contributed by atoms with van der Waals surface area (Å²) >= 11 is 0. The first-order chi connectivity index (χ1) is 12.7. The molecule has 26 heavy (non-hydrogen) atoms. The van der Waals surface area contributed by atoms with Gasteiger partial charge in [-0.1, -0.05) is 30.3 Å². The number of aliphatic hydroxyl groups is 1. The number of hydrogen-bond donors (Lipinski definition) is 3. The molecule has 2 aliphatic rings. The van der Waals surface area contributed by atoms with E-state index in [1.54, 1.807) is 0 Å². The van der Waals surface area contributed by atoms with Crippen molar-refractivity contribution < 1.29 is 5.11 Å². The molecule has 1 aromatic rings. The van der Waals surface area contributed by atoms with E-state index in [1.807, 2.05) is 0 Å². The normalized spacial score (nSPS) is 27.5. The van der Waals surface area contributed by atoms with E-state index in [4.69, 9.17) is 4.99 Å². The fraction of sp³-hybridized carbons (Fsp3) is 0.667. The molecule has 0 spiro atoms. The minimum atomic E-state index is -0.113. The van der Waals surface area contributed by atoms with Crippen LogP contribution in [0.25, 0.3) is 0 Å². The number of likely N-dealkylation sites (tertiary alicyclic amines) is 1. The lowest BCUT2D eigenvalue weighted by atomic mass is 9.93. The highest BCUT2D eigenvalue weighted by atomic mass is 16.3. The first-order valence-corrected chi connectivity index (χ1v) is 10.3. The van der Waals surface area contributed by atoms with Gasteiger partial charge in [-0.3, -0.25) is 9.89 Å². The highest BCUT2D eigenvalue weighted by Crippen LogP contribution is 2.21. The van der Waals surface area contributed by atoms with Crippen molar-refractivity contribution >= 4 is 5.96 Å². The maximum absolute atomic E-state index is 9.68. The van der Waals surface area contributed by atoms with Crippen LogP contribution in [-0.2, 0) is 6.54 Å². The summed E-state index contributed by atoms with van der Waals surface area (Å²) in [7, 11) is 0. The fourth-order valence-electron chi connectivity index (χ4n) is 4.06. The van der Waals surface area contributed by atoms with E-state index < -0.39 is 0 Å². The molecule has 2 fully saturated rings. The van der Waals surface area contributed by atoms with Gasteiger partial charge in [0.25, 0.3) is 0 Å². The molecule has 1 atom stereocenters. The van der Waals surface area contributed by atoms with Crippen LogP contribution in [0.15, 0.2) is 35.3 Å². The third kappa shape index (κ3) is 5.71. The van der Waals surface area contributed by atoms with Crippen molar-refractivity contribution in [3.8, 4) is 0 Å². The van der Waals surface area contributed by atoms with Gasteiger partial charge in [0.15, 0.2) is 5.96 Å². The molecule has 1 aliphatic carbocycles. The summed E-state index contributed by atoms with van der Waals surface area (Å²) in [6.07, 6.45) is 6.21. The highest BCUT2D eigenvalue weighted by Gasteiger charge is 2.25. The van der Waals surface area contributed by atoms with Gasteiger partial charge in [0.05, 0.1) is 12.6 Å². The summed E-state index contributed by atoms with van der Waals surface area (Å²) in [5, 5.41) is 16.6. The van der Waals surface area contributed by atoms with Crippen LogP contribution in [0.5, 0.6) is 0 Å². The standard InChI is InChI=1S/C21H34N4O/c1-2-22-21(24-18-10-12-20(26)13-11-18)23-15-19-9-6-14-25(19)16-17-7-4-3-5-8-17/h3-5,7-8,18-20,26H,2,6,9-16H2,1H3,(H2,22,23,24). The molecule has 1 heterocycles. The Bertz CT molecular complexity index is 554. The summed E-state index contributed by atoms with van der Waals surface area (Å²) in [5.74, 6) is 0.931. The third-order valence-corrected chi connectivity index (χ3v) is 5.57. The molecule has 1 aliphatic heterocycles. The molecule has 3 N–H and O–H groups in total. The Labute approximate surface area is 157 Å². The molecule has 1 saturated carbocycles. The molecular weight excluding hydrogens is 324 g/mol. The first kappa shape index (κ1) is 19.2. The van der Waals surface area contributed by atoms with Crippen molar-refractivity contribution in [3.63, 3.8) is 0 Å². The number of nitrogens with one attached hydrogen (secondary N) is 2. The number of aliphatic imine (C=N–C) groups is 1. The van der Waals surface area contributed by atoms with Crippen molar-refractivity contribution in [2.45, 2.75) is 70.2 Å². The van der Waals surface area contributed by atoms with E-state index in [0.29, 0.717) is 12.1 Å². The van der Waals surface area contributed by atoms with Crippen LogP contribution in [0.1, 0.15) is 51.0 Å². The lowest BCUT2D eigenvalue weighted by molar-refractivity contribution is 0.120. The van der Waals surface area contributed by atoms with E-state index >= 15 is 0 Å². The molecule has 144 valence electrons. The summed E-state index contributed by atoms with van der Waals surface area (Å²) in [4.78, 5) is 7.46. The maximum Gasteiger partial charge on any atom is 0.191 e. The minimum Gasteiger partial charge on any atom is -0.393 e. The van der Waals surface area contributed by atoms with Gasteiger partial charge in [-0.05, 0) is 57.6 Å². The lowest BCUT2D eigenvalue weighted by Crippen LogP contribution is -2.46. The Hall–Kier alpha value is -1.59. The van der Waals surface area contributed by atoms with Crippen molar-refractivity contribution in [1.29, 1.82) is 0 Å². The van der Waals surface area contributed by atoms with Gasteiger partial charge < -0.3 is 15.7 Å². The van der Waals surface area contributed by atoms with Crippen LogP contribution in [0.3, 0.4) is 0 Å². The molecular formula is C21H34N4O. The van der Waals surface area contributed by atoms with E-state index in [2.05, 4.69) is 52.8 Å². The molecule has 0 aromatic heterocycles. The molecule has 0 radical (unpaired) electrons. The quantitative estimate of drug-likeness (QED) is 0.540. The lowest BCUT2D eigenvalue weighted by Gasteiger charge is -2.28. The predicted octanol–water partition coefficient (Wildman–Crippen LogP) is 2.51. The summed E-state index contributed by atoms with van der Waals surface area (Å²) < 4.78 is 0. The average molecular weight is 359 g/mol. The SMILES string of the molecule is CCNC(=NCC1CCCN1Cc1ccccc1)NC1CCC(O)CC1. The van der Waals surface area contributed by atoms with E-state index in [1.165, 1.54) is 24.9 Å². The monoisotopic (exact) mass is 358 g/mol. The van der Waals surface area contributed by atoms with Gasteiger partial charge in [0.2, 0.25) is 0 Å². The van der Waals surface area contributed by atoms with Gasteiger partial charge in [-0.2, -0.15) is 0 Å². The van der Waals surface area contributed by atoms with Gasteiger partial charge in [-0.25, -0.2) is 0 Å². The van der Waals surface area contributed by atoms with E-state index in [9.17, 15) is 5.11 Å². The summed E-state index contributed by atoms with van der Waals surface area (Å²) in [6, 6.07) is 11.7. The number of hydrogen-bond acceptors (Lipinski definition) is 3. The zero-order valence-electron chi connectivity index (χ0n) is 16.0. The molecule has 3 rings (SSSR count). The van der Waals surface area contributed by atoms with Crippen LogP contribution in [0.2, 0.25) is 0 Å². The largest absolute Gasteiger partial charge is 0.393 e. The van der Waals surface area contributed by atoms with Gasteiger partial charge in [-0.15, -0.1) is 0 Å². The zero-order chi connectivity index (χ0) is 18.2. The molecule has 5 heteroatoms. The number of rotatable bonds is 6. The Balaban J connectivity index is 1.54. The molecule has 1 aromatic carbocycles. The second-order valence-corrected chi connectivity index (χ2v) is 7.62. The van der Waals surface area contributed by atoms with Gasteiger partial charge in [0.1, 0.15) is 0 Å². The fourth-order valence-corrected chi connectivity index (χ4v) is 4.06. The van der Waals surface area contributed by atoms with Crippen LogP contribution in [0, 0.1) is 0 Å². The minimum absolute atomic E-state index is 0.113. The van der Waals surface area contributed by atoms with Crippen LogP contribution in [0.4, 0.5) is 0 Å². The number of nitrogens with zero attached hydrogens (tertiary/aromatic N) is 2. The van der Waals surface area contributed by atoms with Crippen LogP contribution >= 0.6 is 0 Å². The maximum atomic E-state index is 9.68. The number of benzene rings is 1. The molecule has 0 amide bonds. The number of aliphatic hydroxyl groups excluding tert-OH is 1. The summed E-state index contributed by atoms with van der Waals surface area (Å²) in [6.45, 7) is 6.02. The Morgan fingerprint density at radius 2 is 1.92 bits per heavy atom. The molecule has 0 bridgehead atoms. The Kier molecular flexibility index (Phi) is 7.32.